The summed E-state index contributed by atoms with van der Waals surface area (Å²) in [6, 6.07) is 18.8. The number of piperidine rings is 1. The molecule has 1 unspecified atom stereocenters. The molecule has 2 aromatic carbocycles. The summed E-state index contributed by atoms with van der Waals surface area (Å²) in [4.78, 5) is 15.0. The summed E-state index contributed by atoms with van der Waals surface area (Å²) in [7, 11) is -0.451. The lowest BCUT2D eigenvalue weighted by atomic mass is 9.92. The Morgan fingerprint density at radius 3 is 2.39 bits per heavy atom. The number of unbranched alkanes of at least 4 members (excludes halogenated alkanes) is 2. The summed E-state index contributed by atoms with van der Waals surface area (Å²) >= 11 is 0. The highest BCUT2D eigenvalue weighted by Gasteiger charge is 2.33. The Morgan fingerprint density at radius 2 is 1.76 bits per heavy atom. The van der Waals surface area contributed by atoms with Crippen LogP contribution in [0.1, 0.15) is 56.9 Å². The Morgan fingerprint density at radius 1 is 1.11 bits per heavy atom. The molecule has 3 atom stereocenters. The zero-order chi connectivity index (χ0) is 26.7. The Hall–Kier alpha value is -1.97. The smallest absolute Gasteiger partial charge is 0.308 e. The summed E-state index contributed by atoms with van der Waals surface area (Å²) in [5, 5.41) is 3.68. The minimum Gasteiger partial charge on any atom is -0.469 e. The maximum Gasteiger partial charge on any atom is 0.308 e. The van der Waals surface area contributed by atoms with Crippen molar-refractivity contribution in [1.29, 1.82) is 0 Å². The van der Waals surface area contributed by atoms with Gasteiger partial charge in [0.2, 0.25) is 10.0 Å². The normalized spacial score (nSPS) is 19.1. The van der Waals surface area contributed by atoms with Crippen molar-refractivity contribution in [3.05, 3.63) is 66.2 Å². The minimum absolute atomic E-state index is 0. The van der Waals surface area contributed by atoms with Crippen molar-refractivity contribution in [2.45, 2.75) is 62.4 Å². The van der Waals surface area contributed by atoms with Crippen molar-refractivity contribution >= 4 is 28.4 Å². The molecule has 0 amide bonds. The van der Waals surface area contributed by atoms with Crippen LogP contribution in [0.25, 0.3) is 0 Å². The van der Waals surface area contributed by atoms with Crippen molar-refractivity contribution < 1.29 is 17.9 Å². The number of nitrogens with one attached hydrogen (secondary N) is 1. The van der Waals surface area contributed by atoms with E-state index >= 15 is 0 Å². The molecule has 0 spiro atoms. The third-order valence-corrected chi connectivity index (χ3v) is 9.21. The predicted octanol–water partition coefficient (Wildman–Crippen LogP) is 4.89. The van der Waals surface area contributed by atoms with Crippen molar-refractivity contribution in [1.82, 2.24) is 14.5 Å². The first-order chi connectivity index (χ1) is 17.9. The monoisotopic (exact) mass is 565 g/mol. The average molecular weight is 566 g/mol. The maximum atomic E-state index is 13.2. The number of benzene rings is 2. The Kier molecular flexibility index (Phi) is 13.8. The highest BCUT2D eigenvalue weighted by molar-refractivity contribution is 7.89. The molecular weight excluding hydrogens is 522 g/mol. The number of hydrogen-bond acceptors (Lipinski definition) is 6. The zero-order valence-corrected chi connectivity index (χ0v) is 24.6. The molecule has 0 aliphatic carbocycles. The molecule has 2 aromatic rings. The van der Waals surface area contributed by atoms with Crippen molar-refractivity contribution in [2.75, 3.05) is 40.3 Å². The van der Waals surface area contributed by atoms with Gasteiger partial charge in [-0.25, -0.2) is 12.7 Å². The van der Waals surface area contributed by atoms with Crippen LogP contribution in [0.3, 0.4) is 0 Å². The van der Waals surface area contributed by atoms with Gasteiger partial charge >= 0.3 is 5.97 Å². The number of methoxy groups -OCH3 is 1. The molecule has 1 aliphatic rings. The van der Waals surface area contributed by atoms with Crippen molar-refractivity contribution in [3.8, 4) is 0 Å². The molecule has 0 saturated carbocycles. The average Bonchev–Trinajstić information content (AvgIpc) is 2.94. The van der Waals surface area contributed by atoms with E-state index in [1.54, 1.807) is 31.3 Å². The third-order valence-electron chi connectivity index (χ3n) is 7.37. The van der Waals surface area contributed by atoms with Gasteiger partial charge in [0.25, 0.3) is 0 Å². The maximum absolute atomic E-state index is 13.2. The number of esters is 1. The Bertz CT molecular complexity index is 1060. The molecule has 3 rings (SSSR count). The molecule has 38 heavy (non-hydrogen) atoms. The van der Waals surface area contributed by atoms with E-state index in [1.807, 2.05) is 24.3 Å². The minimum atomic E-state index is -3.58. The fraction of sp³-hybridized carbons (Fsp3) is 0.552. The van der Waals surface area contributed by atoms with Crippen LogP contribution >= 0.6 is 12.4 Å². The number of halogens is 1. The van der Waals surface area contributed by atoms with E-state index in [9.17, 15) is 13.2 Å². The molecule has 1 saturated heterocycles. The number of carbonyl (C=O) groups excluding carboxylic acids is 1. The fourth-order valence-corrected chi connectivity index (χ4v) is 6.35. The van der Waals surface area contributed by atoms with E-state index in [4.69, 9.17) is 4.74 Å². The van der Waals surface area contributed by atoms with Crippen LogP contribution in [0.2, 0.25) is 0 Å². The first-order valence-electron chi connectivity index (χ1n) is 13.5. The van der Waals surface area contributed by atoms with E-state index in [0.717, 1.165) is 50.9 Å². The van der Waals surface area contributed by atoms with Crippen LogP contribution in [0.5, 0.6) is 0 Å². The summed E-state index contributed by atoms with van der Waals surface area (Å²) < 4.78 is 33.0. The van der Waals surface area contributed by atoms with E-state index in [2.05, 4.69) is 29.3 Å². The number of hydrogen-bond donors (Lipinski definition) is 1. The molecule has 212 valence electrons. The highest BCUT2D eigenvalue weighted by Crippen LogP contribution is 2.27. The Balaban J connectivity index is 0.00000507. The molecule has 0 radical (unpaired) electrons. The molecule has 1 N–H and O–H groups in total. The number of likely N-dealkylation sites (tertiary alicyclic amines) is 1. The van der Waals surface area contributed by atoms with Gasteiger partial charge in [-0.15, -0.1) is 12.4 Å². The molecule has 9 heteroatoms. The standard InChI is InChI=1S/C29H43N3O4S.ClH/c1-4-5-12-19-30-28-22-25(29(33)36-3)17-20-32(28)21-18-26(24-13-8-6-9-14-24)23-31(2)37(34,35)27-15-10-7-11-16-27;/h6-11,13-16,25-26,28,30H,4-5,12,17-23H2,1-3H3;1H/t25?,26-,28-;/m0./s1. The van der Waals surface area contributed by atoms with Crippen LogP contribution in [0.4, 0.5) is 0 Å². The van der Waals surface area contributed by atoms with Crippen LogP contribution in [0, 0.1) is 5.92 Å². The lowest BCUT2D eigenvalue weighted by molar-refractivity contribution is -0.148. The van der Waals surface area contributed by atoms with Gasteiger partial charge in [-0.2, -0.15) is 0 Å². The first-order valence-corrected chi connectivity index (χ1v) is 14.9. The van der Waals surface area contributed by atoms with Crippen LogP contribution in [-0.4, -0.2) is 70.1 Å². The quantitative estimate of drug-likeness (QED) is 0.259. The SMILES string of the molecule is CCCCCN[C@@H]1CC(C(=O)OC)CCN1CC[C@@H](CN(C)S(=O)(=O)c1ccccc1)c1ccccc1.Cl. The highest BCUT2D eigenvalue weighted by atomic mass is 35.5. The fourth-order valence-electron chi connectivity index (χ4n) is 5.11. The molecule has 1 aliphatic heterocycles. The molecule has 1 heterocycles. The predicted molar refractivity (Wildman–Crippen MR) is 155 cm³/mol. The molecule has 1 fully saturated rings. The van der Waals surface area contributed by atoms with E-state index in [1.165, 1.54) is 24.3 Å². The van der Waals surface area contributed by atoms with E-state index in [0.29, 0.717) is 11.4 Å². The number of nitrogens with zero attached hydrogens (tertiary/aromatic N) is 2. The summed E-state index contributed by atoms with van der Waals surface area (Å²) in [5.74, 6) is -0.171. The van der Waals surface area contributed by atoms with E-state index < -0.39 is 10.0 Å². The van der Waals surface area contributed by atoms with Gasteiger partial charge in [0.1, 0.15) is 0 Å². The van der Waals surface area contributed by atoms with Crippen LogP contribution in [-0.2, 0) is 19.6 Å². The number of ether oxygens (including phenoxy) is 1. The number of rotatable bonds is 14. The van der Waals surface area contributed by atoms with Gasteiger partial charge < -0.3 is 10.1 Å². The molecule has 7 nitrogen and oxygen atoms in total. The second-order valence-electron chi connectivity index (χ2n) is 9.95. The third kappa shape index (κ3) is 9.06. The van der Waals surface area contributed by atoms with E-state index in [-0.39, 0.29) is 36.4 Å². The molecule has 0 aromatic heterocycles. The van der Waals surface area contributed by atoms with Gasteiger partial charge in [-0.3, -0.25) is 9.69 Å². The second-order valence-corrected chi connectivity index (χ2v) is 12.0. The molecule has 0 bridgehead atoms. The summed E-state index contributed by atoms with van der Waals surface area (Å²) in [6.07, 6.45) is 5.89. The zero-order valence-electron chi connectivity index (χ0n) is 22.9. The Labute approximate surface area is 235 Å². The summed E-state index contributed by atoms with van der Waals surface area (Å²) in [5.41, 5.74) is 1.13. The van der Waals surface area contributed by atoms with Crippen molar-refractivity contribution in [2.24, 2.45) is 5.92 Å². The lowest BCUT2D eigenvalue weighted by Gasteiger charge is -2.40. The second kappa shape index (κ2) is 16.2. The first kappa shape index (κ1) is 32.2. The van der Waals surface area contributed by atoms with Gasteiger partial charge in [0.05, 0.1) is 24.1 Å². The lowest BCUT2D eigenvalue weighted by Crippen LogP contribution is -2.52. The summed E-state index contributed by atoms with van der Waals surface area (Å²) in [6.45, 7) is 5.14. The number of likely N-dealkylation sites (N-methyl/N-ethyl adjacent to an activating group) is 1. The van der Waals surface area contributed by atoms with Gasteiger partial charge in [-0.05, 0) is 55.8 Å². The topological polar surface area (TPSA) is 79.0 Å². The van der Waals surface area contributed by atoms with Crippen molar-refractivity contribution in [3.63, 3.8) is 0 Å². The largest absolute Gasteiger partial charge is 0.469 e. The van der Waals surface area contributed by atoms with Gasteiger partial charge in [0.15, 0.2) is 0 Å². The van der Waals surface area contributed by atoms with Crippen LogP contribution < -0.4 is 5.32 Å². The van der Waals surface area contributed by atoms with Gasteiger partial charge in [-0.1, -0.05) is 68.3 Å². The molecular formula is C29H44ClN3O4S. The van der Waals surface area contributed by atoms with Gasteiger partial charge in [0, 0.05) is 26.7 Å². The number of carbonyl (C=O) groups is 1. The van der Waals surface area contributed by atoms with Crippen LogP contribution in [0.15, 0.2) is 65.6 Å². The number of sulfonamides is 1.